The molecule has 4 N–H and O–H groups in total. The molecule has 6 aromatic rings. The molecule has 9 rings (SSSR count). The third kappa shape index (κ3) is 9.11. The number of aliphatic hydroxyl groups is 1. The molecule has 3 aliphatic heterocycles. The summed E-state index contributed by atoms with van der Waals surface area (Å²) in [6, 6.07) is 16.6. The average Bonchev–Trinajstić information content (AvgIpc) is 3.96. The van der Waals surface area contributed by atoms with E-state index in [-0.39, 0.29) is 83.2 Å². The summed E-state index contributed by atoms with van der Waals surface area (Å²) >= 11 is 0. The van der Waals surface area contributed by atoms with Gasteiger partial charge in [-0.3, -0.25) is 19.0 Å². The van der Waals surface area contributed by atoms with Crippen LogP contribution in [0.3, 0.4) is 0 Å². The first-order valence-corrected chi connectivity index (χ1v) is 23.5. The Labute approximate surface area is 403 Å². The summed E-state index contributed by atoms with van der Waals surface area (Å²) in [7, 11) is 1.50. The molecule has 0 aliphatic carbocycles. The number of ether oxygens (including phenoxy) is 3. The number of aromatic nitrogens is 5. The van der Waals surface area contributed by atoms with E-state index in [4.69, 9.17) is 19.2 Å². The van der Waals surface area contributed by atoms with Gasteiger partial charge in [0.25, 0.3) is 11.5 Å². The fourth-order valence-electron chi connectivity index (χ4n) is 9.12. The van der Waals surface area contributed by atoms with E-state index in [0.29, 0.717) is 78.4 Å². The van der Waals surface area contributed by atoms with Gasteiger partial charge in [-0.25, -0.2) is 14.6 Å². The van der Waals surface area contributed by atoms with E-state index in [2.05, 4.69) is 15.5 Å². The summed E-state index contributed by atoms with van der Waals surface area (Å²) in [6.07, 6.45) is -0.801. The van der Waals surface area contributed by atoms with Crippen LogP contribution in [0.5, 0.6) is 23.0 Å². The maximum atomic E-state index is 13.5. The molecule has 0 radical (unpaired) electrons. The van der Waals surface area contributed by atoms with Gasteiger partial charge in [-0.05, 0) is 85.0 Å². The van der Waals surface area contributed by atoms with Gasteiger partial charge >= 0.3 is 12.1 Å². The third-order valence-electron chi connectivity index (χ3n) is 12.7. The lowest BCUT2D eigenvalue weighted by Gasteiger charge is -2.33. The Morgan fingerprint density at radius 1 is 0.929 bits per heavy atom. The zero-order valence-electron chi connectivity index (χ0n) is 40.1. The maximum absolute atomic E-state index is 13.5. The number of amides is 3. The Bertz CT molecular complexity index is 3080. The largest absolute Gasteiger partial charge is 0.508 e. The highest BCUT2D eigenvalue weighted by atomic mass is 16.6. The molecule has 1 unspecified atom stereocenters. The number of fused-ring (bicyclic) bond motifs is 5. The number of esters is 1. The zero-order valence-corrected chi connectivity index (χ0v) is 40.1. The number of likely N-dealkylation sites (tertiary alicyclic amines) is 1. The number of rotatable bonds is 11. The van der Waals surface area contributed by atoms with E-state index >= 15 is 0 Å². The number of aromatic hydroxyl groups is 2. The first-order valence-electron chi connectivity index (χ1n) is 23.5. The lowest BCUT2D eigenvalue weighted by molar-refractivity contribution is -0.157. The number of piperidine rings is 1. The molecule has 1 fully saturated rings. The van der Waals surface area contributed by atoms with Crippen LogP contribution in [0.4, 0.5) is 4.79 Å². The van der Waals surface area contributed by atoms with Crippen molar-refractivity contribution in [2.75, 3.05) is 33.2 Å². The number of benzene rings is 3. The van der Waals surface area contributed by atoms with Crippen LogP contribution in [-0.2, 0) is 33.9 Å². The van der Waals surface area contributed by atoms with Crippen molar-refractivity contribution in [2.24, 2.45) is 0 Å². The molecule has 0 bridgehead atoms. The number of hydrogen-bond donors (Lipinski definition) is 4. The summed E-state index contributed by atoms with van der Waals surface area (Å²) in [5.74, 6) is -0.789. The van der Waals surface area contributed by atoms with E-state index in [9.17, 15) is 39.3 Å². The van der Waals surface area contributed by atoms with Crippen molar-refractivity contribution < 1.29 is 48.7 Å². The number of nitrogens with one attached hydrogen (secondary N) is 1. The zero-order chi connectivity index (χ0) is 50.1. The van der Waals surface area contributed by atoms with Crippen molar-refractivity contribution >= 4 is 34.8 Å². The molecule has 0 spiro atoms. The maximum Gasteiger partial charge on any atom is 0.415 e. The van der Waals surface area contributed by atoms with Crippen LogP contribution in [-0.4, -0.2) is 113 Å². The molecule has 3 aliphatic rings. The molecule has 0 saturated carbocycles. The number of phenolic OH excluding ortho intramolecular Hbond substituents is 2. The van der Waals surface area contributed by atoms with Crippen molar-refractivity contribution in [1.82, 2.24) is 39.4 Å². The molecule has 70 heavy (non-hydrogen) atoms. The first kappa shape index (κ1) is 48.6. The number of aliphatic hydroxyl groups excluding tert-OH is 1. The van der Waals surface area contributed by atoms with Crippen LogP contribution >= 0.6 is 0 Å². The normalized spacial score (nSPS) is 15.1. The van der Waals surface area contributed by atoms with Gasteiger partial charge in [0.2, 0.25) is 11.7 Å². The number of carbonyl (C=O) groups excluding carboxylic acids is 4. The van der Waals surface area contributed by atoms with Crippen LogP contribution < -0.4 is 20.3 Å². The molecule has 366 valence electrons. The molecule has 19 heteroatoms. The van der Waals surface area contributed by atoms with Crippen LogP contribution in [0, 0.1) is 0 Å². The number of aryl methyl sites for hydroxylation is 1. The molecular weight excluding hydrogens is 901 g/mol. The average molecular weight is 957 g/mol. The lowest BCUT2D eigenvalue weighted by Crippen LogP contribution is -2.46. The fraction of sp³-hybridized carbons (Fsp3) is 0.373. The molecule has 19 nitrogen and oxygen atoms in total. The summed E-state index contributed by atoms with van der Waals surface area (Å²) < 4.78 is 20.2. The molecule has 3 amide bonds. The molecule has 3 aromatic carbocycles. The van der Waals surface area contributed by atoms with Gasteiger partial charge in [0, 0.05) is 67.8 Å². The molecule has 3 aromatic heterocycles. The van der Waals surface area contributed by atoms with Crippen molar-refractivity contribution in [1.29, 1.82) is 0 Å². The van der Waals surface area contributed by atoms with Crippen molar-refractivity contribution in [3.8, 4) is 51.5 Å². The quantitative estimate of drug-likeness (QED) is 0.107. The van der Waals surface area contributed by atoms with E-state index in [1.165, 1.54) is 18.0 Å². The second-order valence-electron chi connectivity index (χ2n) is 17.4. The number of likely N-dealkylation sites (N-methyl/N-ethyl adjacent to an activating group) is 1. The second kappa shape index (κ2) is 20.0. The lowest BCUT2D eigenvalue weighted by atomic mass is 9.97. The Morgan fingerprint density at radius 3 is 2.33 bits per heavy atom. The predicted molar refractivity (Wildman–Crippen MR) is 257 cm³/mol. The van der Waals surface area contributed by atoms with Crippen molar-refractivity contribution in [3.05, 3.63) is 105 Å². The Balaban J connectivity index is 0.00000325. The summed E-state index contributed by atoms with van der Waals surface area (Å²) in [5.41, 5.74) is 4.95. The van der Waals surface area contributed by atoms with E-state index in [1.807, 2.05) is 34.6 Å². The number of carbonyl (C=O) groups is 4. The minimum atomic E-state index is -1.55. The van der Waals surface area contributed by atoms with Crippen molar-refractivity contribution in [3.63, 3.8) is 0 Å². The van der Waals surface area contributed by atoms with Gasteiger partial charge in [0.15, 0.2) is 11.9 Å². The summed E-state index contributed by atoms with van der Waals surface area (Å²) in [5, 5.41) is 43.7. The Hall–Kier alpha value is -7.80. The number of pyridine rings is 2. The standard InChI is InChI=1S/C49H50N8O11.C2H6/c1-6-30-32-18-29(12-13-37(32)51-42-35(30)22-56-38(42)20-33-36(47(56)63)24-66-48(64)43(33)61)68-49(65)54(5)23-41(60)55-16-14-28(15-17-55)67-27-10-8-26(9-11-27)57-44(52-53-45(57)46(62)50-7-2)34-19-31(25(3)4)39(58)21-40(34)59;1-2/h8-13,18-21,25,28,43,58-59,61H,6-7,14-17,22-24H2,1-5H3,(H,50,62);1-2H3. The van der Waals surface area contributed by atoms with E-state index in [0.717, 1.165) is 16.5 Å². The SMILES string of the molecule is CC.CCNC(=O)c1nnc(-c2cc(C(C)C)c(O)cc2O)n1-c1ccc(OC2CCN(C(=O)CN(C)C(=O)Oc3ccc4nc5c(c(CC)c4c3)Cn3c-5cc4c(c3=O)COC(=O)C4O)CC2)cc1. The monoisotopic (exact) mass is 956 g/mol. The van der Waals surface area contributed by atoms with Gasteiger partial charge in [0.05, 0.1) is 34.6 Å². The van der Waals surface area contributed by atoms with Gasteiger partial charge in [-0.2, -0.15) is 0 Å². The van der Waals surface area contributed by atoms with E-state index in [1.54, 1.807) is 75.6 Å². The third-order valence-corrected chi connectivity index (χ3v) is 12.7. The topological polar surface area (TPSA) is 241 Å². The molecule has 6 heterocycles. The molecular formula is C51H56N8O11. The first-order chi connectivity index (χ1) is 33.6. The number of cyclic esters (lactones) is 1. The number of phenols is 2. The highest BCUT2D eigenvalue weighted by Gasteiger charge is 2.35. The Kier molecular flexibility index (Phi) is 13.9. The van der Waals surface area contributed by atoms with Gasteiger partial charge in [-0.15, -0.1) is 10.2 Å². The minimum absolute atomic E-state index is 0.0116. The van der Waals surface area contributed by atoms with Crippen LogP contribution in [0.25, 0.3) is 39.4 Å². The summed E-state index contributed by atoms with van der Waals surface area (Å²) in [6.45, 7) is 12.6. The smallest absolute Gasteiger partial charge is 0.415 e. The Morgan fingerprint density at radius 2 is 1.64 bits per heavy atom. The van der Waals surface area contributed by atoms with Crippen LogP contribution in [0.15, 0.2) is 65.5 Å². The fourth-order valence-corrected chi connectivity index (χ4v) is 9.12. The van der Waals surface area contributed by atoms with Gasteiger partial charge in [0.1, 0.15) is 42.3 Å². The number of nitrogens with zero attached hydrogens (tertiary/aromatic N) is 7. The summed E-state index contributed by atoms with van der Waals surface area (Å²) in [4.78, 5) is 73.2. The highest BCUT2D eigenvalue weighted by molar-refractivity contribution is 5.93. The second-order valence-corrected chi connectivity index (χ2v) is 17.4. The van der Waals surface area contributed by atoms with Crippen LogP contribution in [0.2, 0.25) is 0 Å². The van der Waals surface area contributed by atoms with Gasteiger partial charge < -0.3 is 49.2 Å². The van der Waals surface area contributed by atoms with Crippen molar-refractivity contribution in [2.45, 2.75) is 92.1 Å². The molecule has 1 saturated heterocycles. The molecule has 1 atom stereocenters. The number of hydrogen-bond acceptors (Lipinski definition) is 14. The van der Waals surface area contributed by atoms with Crippen LogP contribution in [0.1, 0.15) is 105 Å². The minimum Gasteiger partial charge on any atom is -0.508 e. The highest BCUT2D eigenvalue weighted by Crippen LogP contribution is 2.40. The van der Waals surface area contributed by atoms with Gasteiger partial charge in [-0.1, -0.05) is 34.6 Å². The predicted octanol–water partition coefficient (Wildman–Crippen LogP) is 6.14. The van der Waals surface area contributed by atoms with E-state index < -0.39 is 24.1 Å².